The highest BCUT2D eigenvalue weighted by Gasteiger charge is 2.32. The molecule has 0 radical (unpaired) electrons. The Morgan fingerprint density at radius 3 is 2.89 bits per heavy atom. The van der Waals surface area contributed by atoms with Gasteiger partial charge in [-0.05, 0) is 30.9 Å². The monoisotopic (exact) mass is 373 g/mol. The maximum absolute atomic E-state index is 12.3. The van der Waals surface area contributed by atoms with Gasteiger partial charge < -0.3 is 16.0 Å². The van der Waals surface area contributed by atoms with E-state index in [1.807, 2.05) is 12.1 Å². The van der Waals surface area contributed by atoms with Crippen molar-refractivity contribution >= 4 is 17.5 Å². The first-order chi connectivity index (χ1) is 13.2. The van der Waals surface area contributed by atoms with Gasteiger partial charge in [-0.2, -0.15) is 0 Å². The molecule has 7 nitrogen and oxygen atoms in total. The molecule has 1 atom stereocenters. The number of nitrogens with one attached hydrogen (secondary N) is 3. The van der Waals surface area contributed by atoms with E-state index in [0.29, 0.717) is 25.6 Å². The largest absolute Gasteiger partial charge is 0.382 e. The van der Waals surface area contributed by atoms with Crippen molar-refractivity contribution < 1.29 is 9.59 Å². The second-order valence-electron chi connectivity index (χ2n) is 7.53. The van der Waals surface area contributed by atoms with Crippen molar-refractivity contribution in [3.63, 3.8) is 0 Å². The van der Waals surface area contributed by atoms with Gasteiger partial charge in [-0.15, -0.1) is 0 Å². The average molecular weight is 374 g/mol. The number of pyridine rings is 1. The quantitative estimate of drug-likeness (QED) is 0.600. The highest BCUT2D eigenvalue weighted by molar-refractivity contribution is 5.88. The maximum atomic E-state index is 12.3. The molecule has 2 aliphatic rings. The molecule has 1 aromatic rings. The lowest BCUT2D eigenvalue weighted by Gasteiger charge is -2.37. The Kier molecular flexibility index (Phi) is 7.45. The summed E-state index contributed by atoms with van der Waals surface area (Å²) in [5.41, 5.74) is 0.928. The average Bonchev–Trinajstić information content (AvgIpc) is 2.70. The van der Waals surface area contributed by atoms with Crippen molar-refractivity contribution in [3.05, 3.63) is 24.5 Å². The lowest BCUT2D eigenvalue weighted by atomic mass is 9.88. The van der Waals surface area contributed by atoms with E-state index in [2.05, 4.69) is 25.8 Å². The van der Waals surface area contributed by atoms with Crippen LogP contribution in [0.1, 0.15) is 38.5 Å². The van der Waals surface area contributed by atoms with Gasteiger partial charge in [0.1, 0.15) is 0 Å². The van der Waals surface area contributed by atoms with Gasteiger partial charge in [-0.3, -0.25) is 19.5 Å². The smallest absolute Gasteiger partial charge is 0.237 e. The van der Waals surface area contributed by atoms with Crippen LogP contribution in [0.15, 0.2) is 24.5 Å². The van der Waals surface area contributed by atoms with Crippen LogP contribution in [0.25, 0.3) is 0 Å². The Morgan fingerprint density at radius 1 is 1.26 bits per heavy atom. The summed E-state index contributed by atoms with van der Waals surface area (Å²) in [6.07, 6.45) is 10.1. The van der Waals surface area contributed by atoms with Crippen LogP contribution in [-0.2, 0) is 9.59 Å². The Labute approximate surface area is 161 Å². The summed E-state index contributed by atoms with van der Waals surface area (Å²) < 4.78 is 0. The van der Waals surface area contributed by atoms with Gasteiger partial charge in [0, 0.05) is 45.1 Å². The number of hydrogen-bond donors (Lipinski definition) is 3. The highest BCUT2D eigenvalue weighted by Crippen LogP contribution is 2.25. The molecule has 1 saturated carbocycles. The lowest BCUT2D eigenvalue weighted by Crippen LogP contribution is -2.57. The molecule has 3 rings (SSSR count). The van der Waals surface area contributed by atoms with E-state index in [4.69, 9.17) is 0 Å². The molecule has 2 amide bonds. The third-order valence-corrected chi connectivity index (χ3v) is 5.48. The van der Waals surface area contributed by atoms with E-state index in [9.17, 15) is 9.59 Å². The van der Waals surface area contributed by atoms with Gasteiger partial charge in [0.25, 0.3) is 0 Å². The van der Waals surface area contributed by atoms with Crippen LogP contribution in [0.3, 0.4) is 0 Å². The van der Waals surface area contributed by atoms with E-state index in [-0.39, 0.29) is 24.3 Å². The van der Waals surface area contributed by atoms with Crippen LogP contribution >= 0.6 is 0 Å². The minimum Gasteiger partial charge on any atom is -0.382 e. The molecule has 7 heteroatoms. The van der Waals surface area contributed by atoms with Crippen molar-refractivity contribution in [2.75, 3.05) is 38.0 Å². The predicted octanol–water partition coefficient (Wildman–Crippen LogP) is 1.38. The summed E-state index contributed by atoms with van der Waals surface area (Å²) in [4.78, 5) is 31.0. The Hall–Kier alpha value is -2.15. The van der Waals surface area contributed by atoms with Gasteiger partial charge >= 0.3 is 0 Å². The number of amides is 2. The van der Waals surface area contributed by atoms with Crippen LogP contribution < -0.4 is 16.0 Å². The number of hydrogen-bond acceptors (Lipinski definition) is 5. The molecule has 1 aliphatic carbocycles. The van der Waals surface area contributed by atoms with Crippen LogP contribution in [0.4, 0.5) is 5.69 Å². The fourth-order valence-electron chi connectivity index (χ4n) is 4.03. The van der Waals surface area contributed by atoms with Crippen molar-refractivity contribution in [3.8, 4) is 0 Å². The van der Waals surface area contributed by atoms with Crippen LogP contribution in [-0.4, -0.2) is 60.5 Å². The summed E-state index contributed by atoms with van der Waals surface area (Å²) in [5, 5.41) is 9.04. The van der Waals surface area contributed by atoms with E-state index in [0.717, 1.165) is 18.8 Å². The fraction of sp³-hybridized carbons (Fsp3) is 0.650. The number of piperazine rings is 1. The summed E-state index contributed by atoms with van der Waals surface area (Å²) in [5.74, 6) is 0.582. The molecule has 0 spiro atoms. The zero-order chi connectivity index (χ0) is 18.9. The van der Waals surface area contributed by atoms with Crippen molar-refractivity contribution in [2.24, 2.45) is 5.92 Å². The van der Waals surface area contributed by atoms with E-state index < -0.39 is 0 Å². The summed E-state index contributed by atoms with van der Waals surface area (Å²) in [6, 6.07) is 3.46. The Balaban J connectivity index is 1.42. The van der Waals surface area contributed by atoms with Crippen LogP contribution in [0.2, 0.25) is 0 Å². The van der Waals surface area contributed by atoms with Gasteiger partial charge in [-0.1, -0.05) is 19.3 Å². The van der Waals surface area contributed by atoms with Crippen molar-refractivity contribution in [1.29, 1.82) is 0 Å². The SMILES string of the molecule is O=C(C[C@@H]1C(=O)NCCN1CC1CCCCC1)NCCNc1cccnc1. The minimum absolute atomic E-state index is 0.0132. The number of anilines is 1. The summed E-state index contributed by atoms with van der Waals surface area (Å²) in [7, 11) is 0. The predicted molar refractivity (Wildman–Crippen MR) is 105 cm³/mol. The van der Waals surface area contributed by atoms with E-state index in [1.165, 1.54) is 32.1 Å². The molecule has 1 saturated heterocycles. The number of carbonyl (C=O) groups excluding carboxylic acids is 2. The summed E-state index contributed by atoms with van der Waals surface area (Å²) in [6.45, 7) is 3.60. The molecule has 0 unspecified atom stereocenters. The number of rotatable bonds is 8. The standard InChI is InChI=1S/C20H31N5O2/c26-19(23-10-9-22-17-7-4-8-21-14-17)13-18-20(27)24-11-12-25(18)15-16-5-2-1-3-6-16/h4,7-8,14,16,18,22H,1-3,5-6,9-13,15H2,(H,23,26)(H,24,27)/t18-/m1/s1. The number of aromatic nitrogens is 1. The number of carbonyl (C=O) groups is 2. The maximum Gasteiger partial charge on any atom is 0.237 e. The van der Waals surface area contributed by atoms with E-state index >= 15 is 0 Å². The van der Waals surface area contributed by atoms with Gasteiger partial charge in [0.2, 0.25) is 11.8 Å². The topological polar surface area (TPSA) is 86.4 Å². The summed E-state index contributed by atoms with van der Waals surface area (Å²) >= 11 is 0. The molecule has 3 N–H and O–H groups in total. The fourth-order valence-corrected chi connectivity index (χ4v) is 4.03. The first-order valence-corrected chi connectivity index (χ1v) is 10.1. The number of nitrogens with zero attached hydrogens (tertiary/aromatic N) is 2. The van der Waals surface area contributed by atoms with Crippen LogP contribution in [0, 0.1) is 5.92 Å². The molecule has 0 aromatic carbocycles. The van der Waals surface area contributed by atoms with Crippen molar-refractivity contribution in [2.45, 2.75) is 44.6 Å². The molecule has 1 aliphatic heterocycles. The molecular weight excluding hydrogens is 342 g/mol. The minimum atomic E-state index is -0.341. The first kappa shape index (κ1) is 19.6. The molecule has 1 aromatic heterocycles. The molecular formula is C20H31N5O2. The highest BCUT2D eigenvalue weighted by atomic mass is 16.2. The third-order valence-electron chi connectivity index (χ3n) is 5.48. The molecule has 2 fully saturated rings. The second kappa shape index (κ2) is 10.3. The lowest BCUT2D eigenvalue weighted by molar-refractivity contribution is -0.134. The molecule has 2 heterocycles. The normalized spacial score (nSPS) is 21.5. The van der Waals surface area contributed by atoms with Gasteiger partial charge in [-0.25, -0.2) is 0 Å². The van der Waals surface area contributed by atoms with Crippen molar-refractivity contribution in [1.82, 2.24) is 20.5 Å². The van der Waals surface area contributed by atoms with Gasteiger partial charge in [0.15, 0.2) is 0 Å². The zero-order valence-corrected chi connectivity index (χ0v) is 16.0. The van der Waals surface area contributed by atoms with Gasteiger partial charge in [0.05, 0.1) is 18.2 Å². The Morgan fingerprint density at radius 2 is 2.11 bits per heavy atom. The zero-order valence-electron chi connectivity index (χ0n) is 16.0. The Bertz CT molecular complexity index is 604. The molecule has 27 heavy (non-hydrogen) atoms. The second-order valence-corrected chi connectivity index (χ2v) is 7.53. The van der Waals surface area contributed by atoms with Crippen LogP contribution in [0.5, 0.6) is 0 Å². The third kappa shape index (κ3) is 6.20. The molecule has 0 bridgehead atoms. The van der Waals surface area contributed by atoms with E-state index in [1.54, 1.807) is 12.4 Å². The first-order valence-electron chi connectivity index (χ1n) is 10.1. The molecule has 148 valence electrons.